The molecule has 0 aromatic rings. The number of aliphatic hydroxyl groups excluding tert-OH is 19. The Morgan fingerprint density at radius 3 is 1.20 bits per heavy atom. The molecule has 6 aliphatic heterocycles. The van der Waals surface area contributed by atoms with E-state index in [2.05, 4.69) is 29.8 Å². The third kappa shape index (κ3) is 34.7. The van der Waals surface area contributed by atoms with Gasteiger partial charge < -0.3 is 175 Å². The lowest BCUT2D eigenvalue weighted by atomic mass is 9.88. The summed E-state index contributed by atoms with van der Waals surface area (Å²) in [6, 6.07) is -4.72. The molecule has 6 rings (SSSR count). The van der Waals surface area contributed by atoms with Crippen LogP contribution in [0.1, 0.15) is 265 Å². The molecule has 23 N–H and O–H groups in total. The van der Waals surface area contributed by atoms with E-state index in [-0.39, 0.29) is 12.3 Å². The van der Waals surface area contributed by atoms with Gasteiger partial charge in [-0.25, -0.2) is 4.79 Å². The van der Waals surface area contributed by atoms with Gasteiger partial charge in [0.1, 0.15) is 140 Å². The van der Waals surface area contributed by atoms with Crippen LogP contribution < -0.4 is 16.0 Å². The van der Waals surface area contributed by atoms with Crippen molar-refractivity contribution in [3.63, 3.8) is 0 Å². The highest BCUT2D eigenvalue weighted by molar-refractivity contribution is 5.77. The van der Waals surface area contributed by atoms with E-state index in [4.69, 9.17) is 56.8 Å². The Kier molecular flexibility index (Phi) is 52.8. The van der Waals surface area contributed by atoms with Crippen LogP contribution in [0.4, 0.5) is 0 Å². The van der Waals surface area contributed by atoms with Gasteiger partial charge in [-0.2, -0.15) is 0 Å². The third-order valence-electron chi connectivity index (χ3n) is 24.7. The maximum absolute atomic E-state index is 13.6. The van der Waals surface area contributed by atoms with Gasteiger partial charge >= 0.3 is 5.97 Å². The van der Waals surface area contributed by atoms with Crippen molar-refractivity contribution >= 4 is 23.7 Å². The monoisotopic (exact) mass is 1820 g/mol. The normalized spacial score (nSPS) is 34.9. The predicted octanol–water partition coefficient (Wildman–Crippen LogP) is -0.0974. The van der Waals surface area contributed by atoms with E-state index in [1.54, 1.807) is 6.08 Å². The number of rotatable bonds is 63. The highest BCUT2D eigenvalue weighted by atomic mass is 16.8. The number of hydrogen-bond donors (Lipinski definition) is 23. The Labute approximate surface area is 740 Å². The van der Waals surface area contributed by atoms with Crippen molar-refractivity contribution in [2.75, 3.05) is 46.2 Å². The molecule has 6 aliphatic rings. The van der Waals surface area contributed by atoms with Gasteiger partial charge in [0.25, 0.3) is 5.79 Å². The minimum absolute atomic E-state index is 0.168. The summed E-state index contributed by atoms with van der Waals surface area (Å²) in [6.07, 6.45) is -15.1. The summed E-state index contributed by atoms with van der Waals surface area (Å²) in [5.74, 6) is -7.49. The van der Waals surface area contributed by atoms with Crippen molar-refractivity contribution in [2.24, 2.45) is 0 Å². The molecule has 0 saturated carbocycles. The van der Waals surface area contributed by atoms with Crippen LogP contribution in [0, 0.1) is 0 Å². The summed E-state index contributed by atoms with van der Waals surface area (Å²) in [6.45, 7) is -0.635. The second kappa shape index (κ2) is 59.9. The van der Waals surface area contributed by atoms with E-state index in [9.17, 15) is 121 Å². The molecule has 0 bridgehead atoms. The number of ether oxygens (including phenoxy) is 12. The van der Waals surface area contributed by atoms with Crippen molar-refractivity contribution in [1.29, 1.82) is 0 Å². The first kappa shape index (κ1) is 111. The molecule has 0 aromatic carbocycles. The van der Waals surface area contributed by atoms with Gasteiger partial charge in [-0.1, -0.05) is 231 Å². The Morgan fingerprint density at radius 2 is 0.770 bits per heavy atom. The molecule has 33 atom stereocenters. The smallest absolute Gasteiger partial charge is 0.364 e. The highest BCUT2D eigenvalue weighted by Gasteiger charge is 2.62. The molecule has 126 heavy (non-hydrogen) atoms. The summed E-state index contributed by atoms with van der Waals surface area (Å²) in [4.78, 5) is 52.1. The largest absolute Gasteiger partial charge is 0.477 e. The number of hydrogen-bond acceptors (Lipinski definition) is 35. The molecule has 39 heteroatoms. The number of carboxylic acids is 1. The zero-order chi connectivity index (χ0) is 92.4. The summed E-state index contributed by atoms with van der Waals surface area (Å²) in [7, 11) is 0. The van der Waals surface area contributed by atoms with Gasteiger partial charge in [-0.15, -0.1) is 0 Å². The van der Waals surface area contributed by atoms with Crippen LogP contribution in [-0.2, 0) is 76.0 Å². The number of aliphatic carboxylic acids is 1. The number of nitrogens with one attached hydrogen (secondary N) is 3. The third-order valence-corrected chi connectivity index (χ3v) is 24.7. The number of carbonyl (C=O) groups excluding carboxylic acids is 3. The number of allylic oxidation sites excluding steroid dienone is 1. The molecule has 0 aromatic heterocycles. The average molecular weight is 1820 g/mol. The van der Waals surface area contributed by atoms with E-state index < -0.39 is 272 Å². The summed E-state index contributed by atoms with van der Waals surface area (Å²) >= 11 is 0. The first-order valence-corrected chi connectivity index (χ1v) is 46.6. The van der Waals surface area contributed by atoms with Gasteiger partial charge in [0, 0.05) is 26.7 Å². The molecule has 12 unspecified atom stereocenters. The molecule has 0 spiro atoms. The van der Waals surface area contributed by atoms with Crippen molar-refractivity contribution in [3.05, 3.63) is 12.2 Å². The zero-order valence-corrected chi connectivity index (χ0v) is 74.2. The summed E-state index contributed by atoms with van der Waals surface area (Å²) in [5.41, 5.74) is 0. The van der Waals surface area contributed by atoms with E-state index in [1.165, 1.54) is 161 Å². The Bertz CT molecular complexity index is 2980. The molecule has 6 heterocycles. The van der Waals surface area contributed by atoms with Gasteiger partial charge in [0.2, 0.25) is 17.7 Å². The summed E-state index contributed by atoms with van der Waals surface area (Å²) in [5, 5.41) is 231. The Morgan fingerprint density at radius 1 is 0.413 bits per heavy atom. The predicted molar refractivity (Wildman–Crippen MR) is 448 cm³/mol. The van der Waals surface area contributed by atoms with Crippen molar-refractivity contribution < 1.29 is 178 Å². The number of carboxylic acid groups (broad SMARTS) is 1. The first-order valence-electron chi connectivity index (χ1n) is 46.6. The van der Waals surface area contributed by atoms with Gasteiger partial charge in [-0.05, 0) is 19.3 Å². The topological polar surface area (TPSA) is 620 Å². The van der Waals surface area contributed by atoms with E-state index >= 15 is 0 Å². The fourth-order valence-corrected chi connectivity index (χ4v) is 17.2. The second-order valence-electron chi connectivity index (χ2n) is 34.9. The molecule has 736 valence electrons. The van der Waals surface area contributed by atoms with E-state index in [0.717, 1.165) is 65.2 Å². The highest BCUT2D eigenvalue weighted by Crippen LogP contribution is 2.41. The molecule has 0 aliphatic carbocycles. The fraction of sp³-hybridized carbons (Fsp3) is 0.931. The molecule has 6 saturated heterocycles. The van der Waals surface area contributed by atoms with Crippen LogP contribution in [0.3, 0.4) is 0 Å². The van der Waals surface area contributed by atoms with Crippen molar-refractivity contribution in [3.8, 4) is 0 Å². The number of carbonyl (C=O) groups is 4. The Balaban J connectivity index is 1.06. The SMILES string of the molecule is CCCCCCCCCCCCC/C=C/[C@@H](O)[C@H](CO[C@@H]1OC(CO)[C@@H](O[C@@H]2OC(CO)[C@H](O[C@@H]3OC(CO)[C@H](O)[C@H](O[C@@H]4OC(CO)[C@H](O)[C@H](O[C@@H]5OC(CO)[C@H](O)[C@H](O[C@]6(C(=O)O)CC(O)[C@@H](NC(C)=O)C([C@H](O)[C@H](O)CO)O6)C5O)C4NC(C)=O)C3O)[C@H](O)C2O)[C@H](O)C1O)NC(=O)CCCCCCCCCCCCCCCCCCCCCCCCC. The van der Waals surface area contributed by atoms with Crippen LogP contribution in [0.5, 0.6) is 0 Å². The molecular weight excluding hydrogens is 1660 g/mol. The quantitative estimate of drug-likeness (QED) is 0.0279. The zero-order valence-electron chi connectivity index (χ0n) is 74.2. The second-order valence-corrected chi connectivity index (χ2v) is 34.9. The maximum Gasteiger partial charge on any atom is 0.364 e. The lowest BCUT2D eigenvalue weighted by Gasteiger charge is -2.51. The minimum atomic E-state index is -3.25. The average Bonchev–Trinajstić information content (AvgIpc) is 0.751. The van der Waals surface area contributed by atoms with Gasteiger partial charge in [-0.3, -0.25) is 14.4 Å². The first-order chi connectivity index (χ1) is 60.5. The van der Waals surface area contributed by atoms with Crippen LogP contribution >= 0.6 is 0 Å². The minimum Gasteiger partial charge on any atom is -0.477 e. The molecule has 3 amide bonds. The lowest BCUT2D eigenvalue weighted by molar-refractivity contribution is -0.392. The van der Waals surface area contributed by atoms with Crippen LogP contribution in [0.2, 0.25) is 0 Å². The van der Waals surface area contributed by atoms with Crippen LogP contribution in [0.25, 0.3) is 0 Å². The number of unbranched alkanes of at least 4 members (excludes halogenated alkanes) is 33. The summed E-state index contributed by atoms with van der Waals surface area (Å²) < 4.78 is 70.7. The lowest BCUT2D eigenvalue weighted by Crippen LogP contribution is -2.71. The molecule has 6 fully saturated rings. The van der Waals surface area contributed by atoms with Crippen molar-refractivity contribution in [2.45, 2.75) is 467 Å². The number of amides is 3. The van der Waals surface area contributed by atoms with Crippen molar-refractivity contribution in [1.82, 2.24) is 16.0 Å². The van der Waals surface area contributed by atoms with E-state index in [0.29, 0.717) is 12.8 Å². The number of aliphatic hydroxyl groups is 19. The maximum atomic E-state index is 13.6. The molecule has 0 radical (unpaired) electrons. The standard InChI is InChI=1S/C87H157N3O36/c1-5-7-9-11-13-15-17-19-20-21-22-23-24-25-26-27-28-30-32-34-36-38-40-42-62(102)90-53(54(99)41-39-37-35-33-31-29-18-16-14-12-10-8-6-2)50-115-82-71(109)69(107)75(60(48-95)119-82)121-83-72(110)70(108)76(61(49-96)120-83)122-84-73(111)79(67(105)58(46-93)117-84)124-81-64(89-52(4)98)77(66(104)57(45-92)116-81)123-85-74(112)80(68(106)59(47-94)118-85)126-87(86(113)114)43-55(100)63(88-51(3)97)78(125-87)65(103)56(101)44-91/h39,41,53-61,63-85,91-96,99-101,103-112H,5-38,40,42-50H2,1-4H3,(H,88,97)(H,89,98)(H,90,102)(H,113,114)/b41-39+/t53-,54+,55?,56+,57?,58?,59?,60?,61?,63+,64?,65+,66-,67-,68-,69+,70+,71?,72?,73?,74?,75+,76-,77+,78?,79-,80-,81-,82+,83-,84-,85-,87-/m0/s1. The van der Waals surface area contributed by atoms with Gasteiger partial charge in [0.15, 0.2) is 31.5 Å². The molecular formula is C87H157N3O36. The van der Waals surface area contributed by atoms with E-state index in [1.807, 2.05) is 6.08 Å². The fourth-order valence-electron chi connectivity index (χ4n) is 17.2. The molecule has 39 nitrogen and oxygen atoms in total. The van der Waals surface area contributed by atoms with Crippen LogP contribution in [-0.4, -0.2) is 374 Å². The van der Waals surface area contributed by atoms with Gasteiger partial charge in [0.05, 0.1) is 70.5 Å². The van der Waals surface area contributed by atoms with Crippen LogP contribution in [0.15, 0.2) is 12.2 Å². The Hall–Kier alpha value is -3.62.